The molecule has 0 aromatic rings. The molecule has 1 atom stereocenters. The minimum absolute atomic E-state index is 0.242. The molecular weight excluding hydrogens is 152 g/mol. The number of carbonyl (C=O) groups is 1. The highest BCUT2D eigenvalue weighted by Gasteiger charge is 2.01. The summed E-state index contributed by atoms with van der Waals surface area (Å²) in [6.07, 6.45) is 3.67. The van der Waals surface area contributed by atoms with Crippen LogP contribution in [0.4, 0.5) is 0 Å². The van der Waals surface area contributed by atoms with Crippen LogP contribution in [0.25, 0.3) is 0 Å². The first-order valence-electron chi connectivity index (χ1n) is 4.27. The van der Waals surface area contributed by atoms with E-state index in [4.69, 9.17) is 11.5 Å². The SMILES string of the molecule is C=C(CCCCC(C)N)C(N)=O. The summed E-state index contributed by atoms with van der Waals surface area (Å²) in [5.74, 6) is -0.393. The van der Waals surface area contributed by atoms with Gasteiger partial charge in [-0.1, -0.05) is 13.0 Å². The Morgan fingerprint density at radius 2 is 2.08 bits per heavy atom. The van der Waals surface area contributed by atoms with E-state index in [0.717, 1.165) is 19.3 Å². The van der Waals surface area contributed by atoms with Crippen molar-refractivity contribution in [3.8, 4) is 0 Å². The van der Waals surface area contributed by atoms with Crippen molar-refractivity contribution in [1.29, 1.82) is 0 Å². The monoisotopic (exact) mass is 170 g/mol. The highest BCUT2D eigenvalue weighted by Crippen LogP contribution is 2.07. The molecule has 0 spiro atoms. The molecule has 0 aliphatic carbocycles. The van der Waals surface area contributed by atoms with E-state index in [-0.39, 0.29) is 6.04 Å². The van der Waals surface area contributed by atoms with Gasteiger partial charge in [0.2, 0.25) is 5.91 Å². The van der Waals surface area contributed by atoms with Gasteiger partial charge in [-0.2, -0.15) is 0 Å². The minimum Gasteiger partial charge on any atom is -0.366 e. The molecular formula is C9H18N2O. The molecule has 0 fully saturated rings. The van der Waals surface area contributed by atoms with E-state index < -0.39 is 5.91 Å². The maximum absolute atomic E-state index is 10.5. The van der Waals surface area contributed by atoms with Crippen LogP contribution in [0.1, 0.15) is 32.6 Å². The van der Waals surface area contributed by atoms with E-state index >= 15 is 0 Å². The zero-order chi connectivity index (χ0) is 9.56. The summed E-state index contributed by atoms with van der Waals surface area (Å²) in [6.45, 7) is 5.54. The highest BCUT2D eigenvalue weighted by molar-refractivity contribution is 5.91. The average molecular weight is 170 g/mol. The maximum atomic E-state index is 10.5. The lowest BCUT2D eigenvalue weighted by atomic mass is 10.1. The largest absolute Gasteiger partial charge is 0.366 e. The van der Waals surface area contributed by atoms with E-state index in [9.17, 15) is 4.79 Å². The summed E-state index contributed by atoms with van der Waals surface area (Å²) < 4.78 is 0. The smallest absolute Gasteiger partial charge is 0.244 e. The second kappa shape index (κ2) is 5.77. The van der Waals surface area contributed by atoms with Crippen molar-refractivity contribution >= 4 is 5.91 Å². The summed E-state index contributed by atoms with van der Waals surface area (Å²) in [4.78, 5) is 10.5. The molecule has 0 saturated carbocycles. The van der Waals surface area contributed by atoms with Gasteiger partial charge in [0, 0.05) is 11.6 Å². The molecule has 0 aliphatic rings. The van der Waals surface area contributed by atoms with Crippen LogP contribution in [-0.2, 0) is 4.79 Å². The molecule has 1 amide bonds. The predicted octanol–water partition coefficient (Wildman–Crippen LogP) is 0.935. The Kier molecular flexibility index (Phi) is 5.37. The van der Waals surface area contributed by atoms with Gasteiger partial charge in [-0.05, 0) is 26.2 Å². The van der Waals surface area contributed by atoms with E-state index in [1.807, 2.05) is 6.92 Å². The van der Waals surface area contributed by atoms with Crippen LogP contribution in [0.15, 0.2) is 12.2 Å². The molecule has 12 heavy (non-hydrogen) atoms. The van der Waals surface area contributed by atoms with Gasteiger partial charge in [0.1, 0.15) is 0 Å². The van der Waals surface area contributed by atoms with Crippen LogP contribution in [0, 0.1) is 0 Å². The fraction of sp³-hybridized carbons (Fsp3) is 0.667. The van der Waals surface area contributed by atoms with Gasteiger partial charge >= 0.3 is 0 Å². The molecule has 0 bridgehead atoms. The first kappa shape index (κ1) is 11.2. The van der Waals surface area contributed by atoms with Gasteiger partial charge in [0.25, 0.3) is 0 Å². The van der Waals surface area contributed by atoms with Gasteiger partial charge in [-0.15, -0.1) is 0 Å². The Morgan fingerprint density at radius 3 is 2.50 bits per heavy atom. The number of carbonyl (C=O) groups excluding carboxylic acids is 1. The Morgan fingerprint density at radius 1 is 1.50 bits per heavy atom. The first-order valence-corrected chi connectivity index (χ1v) is 4.27. The average Bonchev–Trinajstić information content (AvgIpc) is 1.97. The summed E-state index contributed by atoms with van der Waals surface area (Å²) in [5, 5.41) is 0. The Bertz CT molecular complexity index is 164. The van der Waals surface area contributed by atoms with E-state index in [1.54, 1.807) is 0 Å². The number of primary amides is 1. The molecule has 0 aliphatic heterocycles. The molecule has 0 saturated heterocycles. The van der Waals surface area contributed by atoms with Gasteiger partial charge in [0.15, 0.2) is 0 Å². The van der Waals surface area contributed by atoms with Crippen molar-refractivity contribution in [2.45, 2.75) is 38.6 Å². The summed E-state index contributed by atoms with van der Waals surface area (Å²) in [7, 11) is 0. The zero-order valence-corrected chi connectivity index (χ0v) is 7.68. The van der Waals surface area contributed by atoms with Crippen LogP contribution in [0.3, 0.4) is 0 Å². The predicted molar refractivity (Wildman–Crippen MR) is 50.5 cm³/mol. The van der Waals surface area contributed by atoms with Crippen LogP contribution in [-0.4, -0.2) is 11.9 Å². The lowest BCUT2D eigenvalue weighted by Gasteiger charge is -2.04. The lowest BCUT2D eigenvalue weighted by Crippen LogP contribution is -2.15. The fourth-order valence-corrected chi connectivity index (χ4v) is 0.928. The molecule has 0 rings (SSSR count). The third kappa shape index (κ3) is 5.92. The molecule has 70 valence electrons. The van der Waals surface area contributed by atoms with Crippen molar-refractivity contribution in [3.05, 3.63) is 12.2 Å². The summed E-state index contributed by atoms with van der Waals surface area (Å²) in [5.41, 5.74) is 11.1. The van der Waals surface area contributed by atoms with Gasteiger partial charge in [-0.25, -0.2) is 0 Å². The summed E-state index contributed by atoms with van der Waals surface area (Å²) in [6, 6.07) is 0.242. The van der Waals surface area contributed by atoms with Crippen LogP contribution in [0.2, 0.25) is 0 Å². The molecule has 0 heterocycles. The number of nitrogens with two attached hydrogens (primary N) is 2. The molecule has 4 N–H and O–H groups in total. The lowest BCUT2D eigenvalue weighted by molar-refractivity contribution is -0.114. The molecule has 0 aromatic heterocycles. The van der Waals surface area contributed by atoms with Crippen molar-refractivity contribution in [1.82, 2.24) is 0 Å². The zero-order valence-electron chi connectivity index (χ0n) is 7.68. The quantitative estimate of drug-likeness (QED) is 0.460. The third-order valence-corrected chi connectivity index (χ3v) is 1.74. The molecule has 0 radical (unpaired) electrons. The van der Waals surface area contributed by atoms with Gasteiger partial charge < -0.3 is 11.5 Å². The molecule has 0 aromatic carbocycles. The van der Waals surface area contributed by atoms with Crippen LogP contribution >= 0.6 is 0 Å². The molecule has 3 nitrogen and oxygen atoms in total. The molecule has 3 heteroatoms. The minimum atomic E-state index is -0.393. The van der Waals surface area contributed by atoms with Crippen LogP contribution < -0.4 is 11.5 Å². The number of hydrogen-bond donors (Lipinski definition) is 2. The number of unbranched alkanes of at least 4 members (excludes halogenated alkanes) is 1. The number of amides is 1. The van der Waals surface area contributed by atoms with Crippen molar-refractivity contribution in [3.63, 3.8) is 0 Å². The maximum Gasteiger partial charge on any atom is 0.244 e. The third-order valence-electron chi connectivity index (χ3n) is 1.74. The Hall–Kier alpha value is -0.830. The van der Waals surface area contributed by atoms with Crippen molar-refractivity contribution in [2.24, 2.45) is 11.5 Å². The van der Waals surface area contributed by atoms with Crippen LogP contribution in [0.5, 0.6) is 0 Å². The van der Waals surface area contributed by atoms with E-state index in [2.05, 4.69) is 6.58 Å². The highest BCUT2D eigenvalue weighted by atomic mass is 16.1. The topological polar surface area (TPSA) is 69.1 Å². The van der Waals surface area contributed by atoms with Crippen molar-refractivity contribution in [2.75, 3.05) is 0 Å². The number of rotatable bonds is 6. The molecule has 1 unspecified atom stereocenters. The Balaban J connectivity index is 3.32. The van der Waals surface area contributed by atoms with Crippen molar-refractivity contribution < 1.29 is 4.79 Å². The standard InChI is InChI=1S/C9H18N2O/c1-7(9(11)12)5-3-4-6-8(2)10/h8H,1,3-6,10H2,2H3,(H2,11,12). The number of hydrogen-bond acceptors (Lipinski definition) is 2. The van der Waals surface area contributed by atoms with Gasteiger partial charge in [0.05, 0.1) is 0 Å². The first-order chi connectivity index (χ1) is 5.54. The normalized spacial score (nSPS) is 12.5. The Labute approximate surface area is 73.8 Å². The second-order valence-electron chi connectivity index (χ2n) is 3.19. The van der Waals surface area contributed by atoms with Gasteiger partial charge in [-0.3, -0.25) is 4.79 Å². The van der Waals surface area contributed by atoms with E-state index in [1.165, 1.54) is 0 Å². The summed E-state index contributed by atoms with van der Waals surface area (Å²) >= 11 is 0. The fourth-order valence-electron chi connectivity index (χ4n) is 0.928. The van der Waals surface area contributed by atoms with E-state index in [0.29, 0.717) is 12.0 Å². The second-order valence-corrected chi connectivity index (χ2v) is 3.19.